The molecule has 0 radical (unpaired) electrons. The molecule has 0 saturated carbocycles. The standard InChI is InChI=1S/C30H28BrN3O6S/c1-3-39-25-15-12-23(13-16-25)32-29(35)20-8-10-22(11-9-20)33-30(36)21-6-5-7-26(18-21)41(37,38)34-24-14-17-28(40-4-2)27(31)19-24/h5-19,34H,3-4H2,1-2H3,(H,32,35)(H,33,36). The lowest BCUT2D eigenvalue weighted by Crippen LogP contribution is -2.16. The van der Waals surface area contributed by atoms with E-state index in [0.29, 0.717) is 51.8 Å². The van der Waals surface area contributed by atoms with Gasteiger partial charge in [0.2, 0.25) is 0 Å². The number of halogens is 1. The number of nitrogens with one attached hydrogen (secondary N) is 3. The van der Waals surface area contributed by atoms with E-state index in [1.165, 1.54) is 24.3 Å². The summed E-state index contributed by atoms with van der Waals surface area (Å²) >= 11 is 3.37. The number of carbonyl (C=O) groups is 2. The van der Waals surface area contributed by atoms with Gasteiger partial charge in [0.1, 0.15) is 11.5 Å². The van der Waals surface area contributed by atoms with Crippen molar-refractivity contribution in [2.75, 3.05) is 28.6 Å². The predicted octanol–water partition coefficient (Wildman–Crippen LogP) is 6.55. The maximum absolute atomic E-state index is 13.0. The molecule has 212 valence electrons. The van der Waals surface area contributed by atoms with Crippen LogP contribution in [0.3, 0.4) is 0 Å². The highest BCUT2D eigenvalue weighted by Crippen LogP contribution is 2.29. The van der Waals surface area contributed by atoms with Gasteiger partial charge in [0.15, 0.2) is 0 Å². The number of rotatable bonds is 11. The van der Waals surface area contributed by atoms with Gasteiger partial charge in [-0.05, 0) is 115 Å². The third-order valence-electron chi connectivity index (χ3n) is 5.72. The average Bonchev–Trinajstić information content (AvgIpc) is 2.96. The number of ether oxygens (including phenoxy) is 2. The lowest BCUT2D eigenvalue weighted by molar-refractivity contribution is 0.101. The van der Waals surface area contributed by atoms with Gasteiger partial charge in [-0.15, -0.1) is 0 Å². The molecule has 0 bridgehead atoms. The molecule has 4 aromatic carbocycles. The topological polar surface area (TPSA) is 123 Å². The van der Waals surface area contributed by atoms with Crippen molar-refractivity contribution in [3.05, 3.63) is 107 Å². The summed E-state index contributed by atoms with van der Waals surface area (Å²) in [6.45, 7) is 4.78. The molecular weight excluding hydrogens is 610 g/mol. The van der Waals surface area contributed by atoms with Gasteiger partial charge in [-0.2, -0.15) is 0 Å². The monoisotopic (exact) mass is 637 g/mol. The molecule has 0 aliphatic rings. The Bertz CT molecular complexity index is 1640. The van der Waals surface area contributed by atoms with Gasteiger partial charge >= 0.3 is 0 Å². The van der Waals surface area contributed by atoms with Crippen molar-refractivity contribution in [2.45, 2.75) is 18.7 Å². The highest BCUT2D eigenvalue weighted by Gasteiger charge is 2.18. The van der Waals surface area contributed by atoms with Gasteiger partial charge in [0.05, 0.1) is 28.3 Å². The Balaban J connectivity index is 1.39. The second-order valence-corrected chi connectivity index (χ2v) is 11.2. The summed E-state index contributed by atoms with van der Waals surface area (Å²) in [5.41, 5.74) is 1.95. The molecule has 4 aromatic rings. The Morgan fingerprint density at radius 3 is 1.90 bits per heavy atom. The Morgan fingerprint density at radius 2 is 1.29 bits per heavy atom. The molecule has 0 heterocycles. The zero-order valence-corrected chi connectivity index (χ0v) is 24.7. The molecule has 0 saturated heterocycles. The summed E-state index contributed by atoms with van der Waals surface area (Å²) in [6.07, 6.45) is 0. The number of amides is 2. The van der Waals surface area contributed by atoms with Crippen molar-refractivity contribution in [3.63, 3.8) is 0 Å². The van der Waals surface area contributed by atoms with Gasteiger partial charge < -0.3 is 20.1 Å². The maximum Gasteiger partial charge on any atom is 0.261 e. The smallest absolute Gasteiger partial charge is 0.261 e. The predicted molar refractivity (Wildman–Crippen MR) is 163 cm³/mol. The van der Waals surface area contributed by atoms with E-state index < -0.39 is 15.9 Å². The van der Waals surface area contributed by atoms with E-state index in [1.54, 1.807) is 66.7 Å². The number of benzene rings is 4. The first-order valence-electron chi connectivity index (χ1n) is 12.7. The van der Waals surface area contributed by atoms with Crippen LogP contribution in [0.5, 0.6) is 11.5 Å². The first-order chi connectivity index (χ1) is 19.7. The Kier molecular flexibility index (Phi) is 9.64. The molecular formula is C30H28BrN3O6S. The number of hydrogen-bond donors (Lipinski definition) is 3. The Morgan fingerprint density at radius 1 is 0.707 bits per heavy atom. The molecule has 3 N–H and O–H groups in total. The lowest BCUT2D eigenvalue weighted by Gasteiger charge is -2.12. The quantitative estimate of drug-likeness (QED) is 0.171. The molecule has 0 atom stereocenters. The van der Waals surface area contributed by atoms with Gasteiger partial charge in [-0.25, -0.2) is 8.42 Å². The Hall–Kier alpha value is -4.35. The lowest BCUT2D eigenvalue weighted by atomic mass is 10.1. The average molecular weight is 639 g/mol. The second kappa shape index (κ2) is 13.3. The molecule has 4 rings (SSSR count). The molecule has 0 unspecified atom stereocenters. The van der Waals surface area contributed by atoms with Crippen LogP contribution in [0.2, 0.25) is 0 Å². The fraction of sp³-hybridized carbons (Fsp3) is 0.133. The van der Waals surface area contributed by atoms with Crippen molar-refractivity contribution in [1.29, 1.82) is 0 Å². The van der Waals surface area contributed by atoms with E-state index in [0.717, 1.165) is 0 Å². The first kappa shape index (κ1) is 29.6. The molecule has 0 aliphatic heterocycles. The minimum Gasteiger partial charge on any atom is -0.494 e. The van der Waals surface area contributed by atoms with Crippen LogP contribution < -0.4 is 24.8 Å². The summed E-state index contributed by atoms with van der Waals surface area (Å²) in [7, 11) is -3.97. The van der Waals surface area contributed by atoms with Crippen molar-refractivity contribution < 1.29 is 27.5 Å². The van der Waals surface area contributed by atoms with E-state index in [-0.39, 0.29) is 16.4 Å². The van der Waals surface area contributed by atoms with E-state index in [1.807, 2.05) is 13.8 Å². The van der Waals surface area contributed by atoms with Crippen molar-refractivity contribution in [3.8, 4) is 11.5 Å². The van der Waals surface area contributed by atoms with Crippen LogP contribution in [0, 0.1) is 0 Å². The summed E-state index contributed by atoms with van der Waals surface area (Å²) in [5.74, 6) is 0.496. The van der Waals surface area contributed by atoms with Crippen molar-refractivity contribution in [1.82, 2.24) is 0 Å². The largest absolute Gasteiger partial charge is 0.494 e. The minimum absolute atomic E-state index is 0.0727. The molecule has 2 amide bonds. The highest BCUT2D eigenvalue weighted by molar-refractivity contribution is 9.10. The number of carbonyl (C=O) groups excluding carboxylic acids is 2. The third kappa shape index (κ3) is 7.86. The number of sulfonamides is 1. The maximum atomic E-state index is 13.0. The van der Waals surface area contributed by atoms with E-state index >= 15 is 0 Å². The van der Waals surface area contributed by atoms with Crippen LogP contribution in [0.15, 0.2) is 100 Å². The van der Waals surface area contributed by atoms with Crippen LogP contribution in [-0.2, 0) is 10.0 Å². The minimum atomic E-state index is -3.97. The number of hydrogen-bond acceptors (Lipinski definition) is 6. The first-order valence-corrected chi connectivity index (χ1v) is 15.0. The fourth-order valence-electron chi connectivity index (χ4n) is 3.77. The molecule has 11 heteroatoms. The SMILES string of the molecule is CCOc1ccc(NC(=O)c2ccc(NC(=O)c3cccc(S(=O)(=O)Nc4ccc(OCC)c(Br)c4)c3)cc2)cc1. The van der Waals surface area contributed by atoms with Crippen LogP contribution in [0.4, 0.5) is 17.1 Å². The molecule has 41 heavy (non-hydrogen) atoms. The fourth-order valence-corrected chi connectivity index (χ4v) is 5.36. The summed E-state index contributed by atoms with van der Waals surface area (Å²) in [6, 6.07) is 23.9. The highest BCUT2D eigenvalue weighted by atomic mass is 79.9. The van der Waals surface area contributed by atoms with Crippen molar-refractivity contribution >= 4 is 54.8 Å². The molecule has 9 nitrogen and oxygen atoms in total. The van der Waals surface area contributed by atoms with Crippen LogP contribution in [0.1, 0.15) is 34.6 Å². The van der Waals surface area contributed by atoms with Crippen LogP contribution in [0.25, 0.3) is 0 Å². The molecule has 0 fully saturated rings. The van der Waals surface area contributed by atoms with E-state index in [4.69, 9.17) is 9.47 Å². The molecule has 0 spiro atoms. The zero-order valence-electron chi connectivity index (χ0n) is 22.3. The summed E-state index contributed by atoms with van der Waals surface area (Å²) in [4.78, 5) is 25.4. The molecule has 0 aromatic heterocycles. The van der Waals surface area contributed by atoms with Gasteiger partial charge in [0, 0.05) is 22.5 Å². The van der Waals surface area contributed by atoms with Crippen LogP contribution in [-0.4, -0.2) is 33.4 Å². The summed E-state index contributed by atoms with van der Waals surface area (Å²) < 4.78 is 40.0. The zero-order chi connectivity index (χ0) is 29.4. The van der Waals surface area contributed by atoms with E-state index in [2.05, 4.69) is 31.3 Å². The van der Waals surface area contributed by atoms with Gasteiger partial charge in [-0.1, -0.05) is 6.07 Å². The third-order valence-corrected chi connectivity index (χ3v) is 7.72. The van der Waals surface area contributed by atoms with Gasteiger partial charge in [0.25, 0.3) is 21.8 Å². The molecule has 0 aliphatic carbocycles. The van der Waals surface area contributed by atoms with Crippen molar-refractivity contribution in [2.24, 2.45) is 0 Å². The number of anilines is 3. The van der Waals surface area contributed by atoms with Crippen LogP contribution >= 0.6 is 15.9 Å². The van der Waals surface area contributed by atoms with E-state index in [9.17, 15) is 18.0 Å². The normalized spacial score (nSPS) is 10.9. The second-order valence-electron chi connectivity index (χ2n) is 8.65. The van der Waals surface area contributed by atoms with Gasteiger partial charge in [-0.3, -0.25) is 14.3 Å². The summed E-state index contributed by atoms with van der Waals surface area (Å²) in [5, 5.41) is 5.54. The Labute approximate surface area is 247 Å².